The summed E-state index contributed by atoms with van der Waals surface area (Å²) in [6.45, 7) is 1.95. The van der Waals surface area contributed by atoms with E-state index in [2.05, 4.69) is 22.0 Å². The van der Waals surface area contributed by atoms with Crippen molar-refractivity contribution in [2.75, 3.05) is 0 Å². The summed E-state index contributed by atoms with van der Waals surface area (Å²) in [5.41, 5.74) is 5.48. The van der Waals surface area contributed by atoms with E-state index in [4.69, 9.17) is 15.9 Å². The zero-order chi connectivity index (χ0) is 13.1. The SMILES string of the molecule is CCC(Oc1ccc2cc(Br)ccc2c1)C(=N)N. The highest BCUT2D eigenvalue weighted by atomic mass is 79.9. The molecule has 94 valence electrons. The van der Waals surface area contributed by atoms with Crippen molar-refractivity contribution in [1.29, 1.82) is 5.41 Å². The van der Waals surface area contributed by atoms with Crippen LogP contribution in [-0.2, 0) is 0 Å². The Morgan fingerprint density at radius 1 is 1.28 bits per heavy atom. The van der Waals surface area contributed by atoms with Gasteiger partial charge in [-0.1, -0.05) is 35.0 Å². The fraction of sp³-hybridized carbons (Fsp3) is 0.214. The fourth-order valence-corrected chi connectivity index (χ4v) is 2.18. The molecule has 0 saturated heterocycles. The molecule has 0 amide bonds. The average Bonchev–Trinajstić information content (AvgIpc) is 2.35. The molecule has 2 rings (SSSR count). The van der Waals surface area contributed by atoms with Gasteiger partial charge < -0.3 is 10.5 Å². The van der Waals surface area contributed by atoms with Gasteiger partial charge in [-0.2, -0.15) is 0 Å². The van der Waals surface area contributed by atoms with E-state index in [9.17, 15) is 0 Å². The molecule has 0 aromatic heterocycles. The van der Waals surface area contributed by atoms with Gasteiger partial charge in [0.2, 0.25) is 0 Å². The van der Waals surface area contributed by atoms with Crippen LogP contribution in [-0.4, -0.2) is 11.9 Å². The highest BCUT2D eigenvalue weighted by molar-refractivity contribution is 9.10. The molecule has 0 spiro atoms. The number of benzene rings is 2. The molecule has 0 aliphatic heterocycles. The van der Waals surface area contributed by atoms with Crippen molar-refractivity contribution >= 4 is 32.5 Å². The predicted octanol–water partition coefficient (Wildman–Crippen LogP) is 3.70. The van der Waals surface area contributed by atoms with E-state index in [-0.39, 0.29) is 11.9 Å². The van der Waals surface area contributed by atoms with Crippen LogP contribution in [0.25, 0.3) is 10.8 Å². The molecule has 1 unspecified atom stereocenters. The Balaban J connectivity index is 2.30. The van der Waals surface area contributed by atoms with Gasteiger partial charge in [0.05, 0.1) is 0 Å². The van der Waals surface area contributed by atoms with E-state index in [1.54, 1.807) is 0 Å². The summed E-state index contributed by atoms with van der Waals surface area (Å²) in [5.74, 6) is 0.806. The quantitative estimate of drug-likeness (QED) is 0.668. The molecule has 0 bridgehead atoms. The Morgan fingerprint density at radius 2 is 1.94 bits per heavy atom. The lowest BCUT2D eigenvalue weighted by molar-refractivity contribution is 0.261. The van der Waals surface area contributed by atoms with Crippen LogP contribution in [0, 0.1) is 5.41 Å². The van der Waals surface area contributed by atoms with Gasteiger partial charge in [-0.3, -0.25) is 5.41 Å². The number of nitrogens with two attached hydrogens (primary N) is 1. The molecule has 0 aliphatic carbocycles. The third kappa shape index (κ3) is 2.82. The number of amidine groups is 1. The molecular formula is C14H15BrN2O. The van der Waals surface area contributed by atoms with Crippen LogP contribution in [0.4, 0.5) is 0 Å². The lowest BCUT2D eigenvalue weighted by Gasteiger charge is -2.16. The summed E-state index contributed by atoms with van der Waals surface area (Å²) in [4.78, 5) is 0. The smallest absolute Gasteiger partial charge is 0.155 e. The minimum Gasteiger partial charge on any atom is -0.483 e. The first kappa shape index (κ1) is 12.9. The third-order valence-electron chi connectivity index (χ3n) is 2.77. The topological polar surface area (TPSA) is 59.1 Å². The molecule has 2 aromatic carbocycles. The molecular weight excluding hydrogens is 292 g/mol. The van der Waals surface area contributed by atoms with Crippen molar-refractivity contribution in [2.24, 2.45) is 5.73 Å². The van der Waals surface area contributed by atoms with Gasteiger partial charge in [-0.05, 0) is 41.5 Å². The second kappa shape index (κ2) is 5.40. The maximum Gasteiger partial charge on any atom is 0.155 e. The largest absolute Gasteiger partial charge is 0.483 e. The summed E-state index contributed by atoms with van der Waals surface area (Å²) in [6, 6.07) is 12.0. The van der Waals surface area contributed by atoms with Crippen LogP contribution in [0.5, 0.6) is 5.75 Å². The molecule has 0 fully saturated rings. The number of hydrogen-bond acceptors (Lipinski definition) is 2. The minimum absolute atomic E-state index is 0.0633. The van der Waals surface area contributed by atoms with Crippen molar-refractivity contribution in [2.45, 2.75) is 19.4 Å². The number of hydrogen-bond donors (Lipinski definition) is 2. The van der Waals surface area contributed by atoms with Crippen molar-refractivity contribution in [3.05, 3.63) is 40.9 Å². The monoisotopic (exact) mass is 306 g/mol. The summed E-state index contributed by atoms with van der Waals surface area (Å²) in [7, 11) is 0. The van der Waals surface area contributed by atoms with Gasteiger partial charge >= 0.3 is 0 Å². The number of nitrogens with one attached hydrogen (secondary N) is 1. The number of ether oxygens (including phenoxy) is 1. The van der Waals surface area contributed by atoms with Crippen molar-refractivity contribution < 1.29 is 4.74 Å². The van der Waals surface area contributed by atoms with Crippen LogP contribution in [0.2, 0.25) is 0 Å². The molecule has 4 heteroatoms. The highest BCUT2D eigenvalue weighted by Gasteiger charge is 2.11. The standard InChI is InChI=1S/C14H15BrN2O/c1-2-13(14(16)17)18-12-6-4-9-7-11(15)5-3-10(9)8-12/h3-8,13H,2H2,1H3,(H3,16,17). The van der Waals surface area contributed by atoms with E-state index >= 15 is 0 Å². The highest BCUT2D eigenvalue weighted by Crippen LogP contribution is 2.24. The van der Waals surface area contributed by atoms with Crippen LogP contribution in [0.3, 0.4) is 0 Å². The number of rotatable bonds is 4. The van der Waals surface area contributed by atoms with Gasteiger partial charge in [0.15, 0.2) is 6.10 Å². The van der Waals surface area contributed by atoms with E-state index in [0.29, 0.717) is 6.42 Å². The van der Waals surface area contributed by atoms with Crippen molar-refractivity contribution in [1.82, 2.24) is 0 Å². The Bertz CT molecular complexity index is 583. The molecule has 1 atom stereocenters. The van der Waals surface area contributed by atoms with Gasteiger partial charge in [0, 0.05) is 4.47 Å². The Kier molecular flexibility index (Phi) is 3.87. The first-order valence-corrected chi connectivity index (χ1v) is 6.59. The second-order valence-corrected chi connectivity index (χ2v) is 5.04. The molecule has 3 N–H and O–H groups in total. The molecule has 18 heavy (non-hydrogen) atoms. The first-order chi connectivity index (χ1) is 8.60. The maximum atomic E-state index is 7.44. The zero-order valence-electron chi connectivity index (χ0n) is 10.1. The van der Waals surface area contributed by atoms with Crippen LogP contribution >= 0.6 is 15.9 Å². The molecule has 2 aromatic rings. The van der Waals surface area contributed by atoms with E-state index < -0.39 is 0 Å². The predicted molar refractivity (Wildman–Crippen MR) is 78.3 cm³/mol. The summed E-state index contributed by atoms with van der Waals surface area (Å²) < 4.78 is 6.76. The Labute approximate surface area is 115 Å². The molecule has 0 aliphatic rings. The number of fused-ring (bicyclic) bond motifs is 1. The van der Waals surface area contributed by atoms with Crippen LogP contribution in [0.1, 0.15) is 13.3 Å². The van der Waals surface area contributed by atoms with Crippen molar-refractivity contribution in [3.63, 3.8) is 0 Å². The minimum atomic E-state index is -0.349. The zero-order valence-corrected chi connectivity index (χ0v) is 11.7. The Hall–Kier alpha value is -1.55. The molecule has 0 saturated carbocycles. The normalized spacial score (nSPS) is 12.3. The second-order valence-electron chi connectivity index (χ2n) is 4.12. The third-order valence-corrected chi connectivity index (χ3v) is 3.26. The maximum absolute atomic E-state index is 7.44. The fourth-order valence-electron chi connectivity index (χ4n) is 1.80. The molecule has 0 heterocycles. The molecule has 3 nitrogen and oxygen atoms in total. The Morgan fingerprint density at radius 3 is 2.61 bits per heavy atom. The lowest BCUT2D eigenvalue weighted by Crippen LogP contribution is -2.32. The van der Waals surface area contributed by atoms with Gasteiger partial charge in [0.25, 0.3) is 0 Å². The molecule has 0 radical (unpaired) electrons. The summed E-state index contributed by atoms with van der Waals surface area (Å²) in [6.07, 6.45) is 0.339. The van der Waals surface area contributed by atoms with Crippen LogP contribution in [0.15, 0.2) is 40.9 Å². The van der Waals surface area contributed by atoms with Gasteiger partial charge in [-0.25, -0.2) is 0 Å². The number of halogens is 1. The van der Waals surface area contributed by atoms with E-state index in [1.165, 1.54) is 0 Å². The van der Waals surface area contributed by atoms with E-state index in [0.717, 1.165) is 21.0 Å². The lowest BCUT2D eigenvalue weighted by atomic mass is 10.1. The first-order valence-electron chi connectivity index (χ1n) is 5.80. The summed E-state index contributed by atoms with van der Waals surface area (Å²) >= 11 is 3.45. The van der Waals surface area contributed by atoms with Gasteiger partial charge in [-0.15, -0.1) is 0 Å². The summed E-state index contributed by atoms with van der Waals surface area (Å²) in [5, 5.41) is 9.69. The van der Waals surface area contributed by atoms with Gasteiger partial charge in [0.1, 0.15) is 11.6 Å². The average molecular weight is 307 g/mol. The van der Waals surface area contributed by atoms with Crippen LogP contribution < -0.4 is 10.5 Å². The van der Waals surface area contributed by atoms with Crippen molar-refractivity contribution in [3.8, 4) is 5.75 Å². The van der Waals surface area contributed by atoms with E-state index in [1.807, 2.05) is 37.3 Å².